The van der Waals surface area contributed by atoms with Crippen LogP contribution in [0.1, 0.15) is 28.3 Å². The molecule has 1 heterocycles. The fraction of sp³-hybridized carbons (Fsp3) is 0.200. The standard InChI is InChI=1S/C15H16N4O/c16-13-7-12(13)10-4-5-14(18-8-10)19-11-3-1-2-9(6-11)15(17)20/h1-6,8,12-13H,7,16H2,(H2,17,20)(H,18,19)/t12-,13+/m0/s1. The van der Waals surface area contributed by atoms with E-state index in [1.165, 1.54) is 5.56 Å². The Balaban J connectivity index is 1.74. The van der Waals surface area contributed by atoms with E-state index in [9.17, 15) is 4.79 Å². The highest BCUT2D eigenvalue weighted by atomic mass is 16.1. The van der Waals surface area contributed by atoms with Crippen LogP contribution < -0.4 is 16.8 Å². The smallest absolute Gasteiger partial charge is 0.248 e. The molecule has 1 aliphatic rings. The summed E-state index contributed by atoms with van der Waals surface area (Å²) in [6, 6.07) is 11.2. The molecule has 0 spiro atoms. The molecule has 1 aromatic heterocycles. The van der Waals surface area contributed by atoms with E-state index in [0.717, 1.165) is 17.9 Å². The molecule has 5 nitrogen and oxygen atoms in total. The fourth-order valence-corrected chi connectivity index (χ4v) is 2.19. The summed E-state index contributed by atoms with van der Waals surface area (Å²) in [6.07, 6.45) is 2.88. The number of rotatable bonds is 4. The van der Waals surface area contributed by atoms with E-state index in [0.29, 0.717) is 11.5 Å². The Bertz CT molecular complexity index is 639. The van der Waals surface area contributed by atoms with Gasteiger partial charge in [-0.15, -0.1) is 0 Å². The van der Waals surface area contributed by atoms with Gasteiger partial charge in [-0.1, -0.05) is 12.1 Å². The Morgan fingerprint density at radius 2 is 2.10 bits per heavy atom. The number of carbonyl (C=O) groups excluding carboxylic acids is 1. The van der Waals surface area contributed by atoms with Crippen molar-refractivity contribution >= 4 is 17.4 Å². The molecule has 0 radical (unpaired) electrons. The Hall–Kier alpha value is -2.40. The summed E-state index contributed by atoms with van der Waals surface area (Å²) in [6.45, 7) is 0. The first-order valence-corrected chi connectivity index (χ1v) is 6.52. The zero-order valence-corrected chi connectivity index (χ0v) is 10.9. The molecule has 1 aromatic carbocycles. The van der Waals surface area contributed by atoms with E-state index < -0.39 is 5.91 Å². The third-order valence-corrected chi connectivity index (χ3v) is 3.47. The van der Waals surface area contributed by atoms with Crippen LogP contribution in [0, 0.1) is 0 Å². The van der Waals surface area contributed by atoms with Gasteiger partial charge in [-0.25, -0.2) is 4.98 Å². The summed E-state index contributed by atoms with van der Waals surface area (Å²) in [5.74, 6) is 0.735. The maximum Gasteiger partial charge on any atom is 0.248 e. The van der Waals surface area contributed by atoms with Gasteiger partial charge in [-0.05, 0) is 36.2 Å². The topological polar surface area (TPSA) is 94.0 Å². The van der Waals surface area contributed by atoms with Gasteiger partial charge in [0.15, 0.2) is 0 Å². The molecule has 1 fully saturated rings. The molecular formula is C15H16N4O. The van der Waals surface area contributed by atoms with E-state index in [1.54, 1.807) is 18.2 Å². The SMILES string of the molecule is NC(=O)c1cccc(Nc2ccc([C@@H]3C[C@H]3N)cn2)c1. The van der Waals surface area contributed by atoms with Crippen molar-refractivity contribution in [3.8, 4) is 0 Å². The van der Waals surface area contributed by atoms with Crippen molar-refractivity contribution in [2.75, 3.05) is 5.32 Å². The summed E-state index contributed by atoms with van der Waals surface area (Å²) in [7, 11) is 0. The van der Waals surface area contributed by atoms with Crippen LogP contribution in [-0.2, 0) is 0 Å². The van der Waals surface area contributed by atoms with Crippen LogP contribution in [0.2, 0.25) is 0 Å². The molecule has 2 atom stereocenters. The highest BCUT2D eigenvalue weighted by molar-refractivity contribution is 5.93. The summed E-state index contributed by atoms with van der Waals surface area (Å²) < 4.78 is 0. The van der Waals surface area contributed by atoms with Crippen molar-refractivity contribution in [3.05, 3.63) is 53.7 Å². The molecule has 5 N–H and O–H groups in total. The monoisotopic (exact) mass is 268 g/mol. The first-order valence-electron chi connectivity index (χ1n) is 6.52. The second-order valence-electron chi connectivity index (χ2n) is 5.05. The number of hydrogen-bond donors (Lipinski definition) is 3. The average molecular weight is 268 g/mol. The second kappa shape index (κ2) is 4.94. The zero-order chi connectivity index (χ0) is 14.1. The highest BCUT2D eigenvalue weighted by Gasteiger charge is 2.34. The number of aromatic nitrogens is 1. The molecule has 20 heavy (non-hydrogen) atoms. The Labute approximate surface area is 117 Å². The number of amides is 1. The highest BCUT2D eigenvalue weighted by Crippen LogP contribution is 2.38. The molecular weight excluding hydrogens is 252 g/mol. The van der Waals surface area contributed by atoms with Crippen molar-refractivity contribution in [2.24, 2.45) is 11.5 Å². The summed E-state index contributed by atoms with van der Waals surface area (Å²) >= 11 is 0. The van der Waals surface area contributed by atoms with Gasteiger partial charge < -0.3 is 16.8 Å². The molecule has 3 rings (SSSR count). The maximum atomic E-state index is 11.1. The van der Waals surface area contributed by atoms with Crippen molar-refractivity contribution in [2.45, 2.75) is 18.4 Å². The minimum absolute atomic E-state index is 0.280. The first kappa shape index (κ1) is 12.6. The molecule has 1 aliphatic carbocycles. The Kier molecular flexibility index (Phi) is 3.12. The molecule has 0 saturated heterocycles. The van der Waals surface area contributed by atoms with Crippen LogP contribution in [0.3, 0.4) is 0 Å². The Morgan fingerprint density at radius 1 is 1.30 bits per heavy atom. The van der Waals surface area contributed by atoms with Crippen molar-refractivity contribution in [3.63, 3.8) is 0 Å². The number of nitrogens with one attached hydrogen (secondary N) is 1. The zero-order valence-electron chi connectivity index (χ0n) is 10.9. The van der Waals surface area contributed by atoms with Crippen LogP contribution >= 0.6 is 0 Å². The molecule has 5 heteroatoms. The van der Waals surface area contributed by atoms with Gasteiger partial charge >= 0.3 is 0 Å². The molecule has 0 bridgehead atoms. The van der Waals surface area contributed by atoms with Gasteiger partial charge in [-0.2, -0.15) is 0 Å². The lowest BCUT2D eigenvalue weighted by Crippen LogP contribution is -2.10. The van der Waals surface area contributed by atoms with Crippen molar-refractivity contribution < 1.29 is 4.79 Å². The number of carbonyl (C=O) groups is 1. The molecule has 0 aliphatic heterocycles. The number of anilines is 2. The lowest BCUT2D eigenvalue weighted by Gasteiger charge is -2.07. The molecule has 2 aromatic rings. The predicted molar refractivity (Wildman–Crippen MR) is 77.8 cm³/mol. The second-order valence-corrected chi connectivity index (χ2v) is 5.05. The van der Waals surface area contributed by atoms with Gasteiger partial charge in [0.25, 0.3) is 0 Å². The van der Waals surface area contributed by atoms with Gasteiger partial charge in [0.1, 0.15) is 5.82 Å². The van der Waals surface area contributed by atoms with Crippen molar-refractivity contribution in [1.29, 1.82) is 0 Å². The van der Waals surface area contributed by atoms with E-state index >= 15 is 0 Å². The quantitative estimate of drug-likeness (QED) is 0.787. The lowest BCUT2D eigenvalue weighted by molar-refractivity contribution is 0.100. The number of nitrogens with zero attached hydrogens (tertiary/aromatic N) is 1. The van der Waals surface area contributed by atoms with Gasteiger partial charge in [0.05, 0.1) is 0 Å². The minimum Gasteiger partial charge on any atom is -0.366 e. The van der Waals surface area contributed by atoms with Crippen LogP contribution in [0.4, 0.5) is 11.5 Å². The van der Waals surface area contributed by atoms with E-state index in [4.69, 9.17) is 11.5 Å². The lowest BCUT2D eigenvalue weighted by atomic mass is 10.2. The number of hydrogen-bond acceptors (Lipinski definition) is 4. The van der Waals surface area contributed by atoms with Crippen LogP contribution in [0.5, 0.6) is 0 Å². The molecule has 0 unspecified atom stereocenters. The fourth-order valence-electron chi connectivity index (χ4n) is 2.19. The number of pyridine rings is 1. The van der Waals surface area contributed by atoms with Gasteiger partial charge in [0.2, 0.25) is 5.91 Å². The third-order valence-electron chi connectivity index (χ3n) is 3.47. The summed E-state index contributed by atoms with van der Waals surface area (Å²) in [5, 5.41) is 3.15. The van der Waals surface area contributed by atoms with Gasteiger partial charge in [0, 0.05) is 29.4 Å². The largest absolute Gasteiger partial charge is 0.366 e. The number of primary amides is 1. The van der Waals surface area contributed by atoms with Crippen molar-refractivity contribution in [1.82, 2.24) is 4.98 Å². The first-order chi connectivity index (χ1) is 9.63. The average Bonchev–Trinajstić information content (AvgIpc) is 3.17. The normalized spacial score (nSPS) is 20.4. The minimum atomic E-state index is -0.445. The molecule has 1 amide bonds. The van der Waals surface area contributed by atoms with E-state index in [1.807, 2.05) is 24.4 Å². The van der Waals surface area contributed by atoms with Gasteiger partial charge in [-0.3, -0.25) is 4.79 Å². The third kappa shape index (κ3) is 2.62. The van der Waals surface area contributed by atoms with Crippen LogP contribution in [-0.4, -0.2) is 16.9 Å². The Morgan fingerprint density at radius 3 is 2.70 bits per heavy atom. The molecule has 102 valence electrons. The summed E-state index contributed by atoms with van der Waals surface area (Å²) in [4.78, 5) is 15.5. The van der Waals surface area contributed by atoms with Crippen LogP contribution in [0.25, 0.3) is 0 Å². The van der Waals surface area contributed by atoms with Crippen LogP contribution in [0.15, 0.2) is 42.6 Å². The van der Waals surface area contributed by atoms with E-state index in [2.05, 4.69) is 10.3 Å². The number of benzene rings is 1. The predicted octanol–water partition coefficient (Wildman–Crippen LogP) is 1.74. The maximum absolute atomic E-state index is 11.1. The number of nitrogens with two attached hydrogens (primary N) is 2. The summed E-state index contributed by atoms with van der Waals surface area (Å²) in [5.41, 5.74) is 13.5. The van der Waals surface area contributed by atoms with E-state index in [-0.39, 0.29) is 6.04 Å². The molecule has 1 saturated carbocycles.